The third-order valence-electron chi connectivity index (χ3n) is 18.7. The highest BCUT2D eigenvalue weighted by Gasteiger charge is 2.42. The van der Waals surface area contributed by atoms with E-state index < -0.39 is 162 Å². The van der Waals surface area contributed by atoms with Crippen LogP contribution in [0.3, 0.4) is 0 Å². The molecule has 0 aliphatic carbocycles. The maximum absolute atomic E-state index is 15.1. The van der Waals surface area contributed by atoms with Crippen molar-refractivity contribution in [2.45, 2.75) is 230 Å². The predicted octanol–water partition coefficient (Wildman–Crippen LogP) is -4.27. The van der Waals surface area contributed by atoms with E-state index in [1.807, 2.05) is 13.8 Å². The van der Waals surface area contributed by atoms with Crippen molar-refractivity contribution in [2.24, 2.45) is 84.3 Å². The molecule has 0 spiro atoms. The molecule has 114 heavy (non-hydrogen) atoms. The van der Waals surface area contributed by atoms with Crippen LogP contribution in [0.5, 0.6) is 5.75 Å². The molecule has 1 saturated heterocycles. The first-order chi connectivity index (χ1) is 54.1. The second kappa shape index (κ2) is 52.4. The van der Waals surface area contributed by atoms with Crippen LogP contribution in [0.15, 0.2) is 69.6 Å². The maximum atomic E-state index is 15.1. The van der Waals surface area contributed by atoms with Gasteiger partial charge in [-0.2, -0.15) is 0 Å². The number of benzene rings is 2. The molecule has 0 aromatic heterocycles. The summed E-state index contributed by atoms with van der Waals surface area (Å²) >= 11 is 0. The first-order valence-electron chi connectivity index (χ1n) is 39.0. The molecule has 0 radical (unpaired) electrons. The molecule has 12 amide bonds. The predicted molar refractivity (Wildman–Crippen MR) is 430 cm³/mol. The Hall–Kier alpha value is -11.0. The number of aliphatic carboxylic acids is 1. The van der Waals surface area contributed by atoms with Gasteiger partial charge in [-0.1, -0.05) is 90.4 Å². The number of guanidine groups is 3. The molecule has 1 heterocycles. The summed E-state index contributed by atoms with van der Waals surface area (Å²) < 4.78 is 0. The largest absolute Gasteiger partial charge is 0.508 e. The van der Waals surface area contributed by atoms with E-state index in [2.05, 4.69) is 73.5 Å². The number of nitrogens with one attached hydrogen (secondary N) is 11. The number of aromatic hydroxyl groups is 1. The number of unbranched alkanes of at least 4 members (excludes halogenated alkanes) is 2. The van der Waals surface area contributed by atoms with E-state index in [9.17, 15) is 67.7 Å². The van der Waals surface area contributed by atoms with Gasteiger partial charge in [-0.3, -0.25) is 72.5 Å². The van der Waals surface area contributed by atoms with Gasteiger partial charge in [0.1, 0.15) is 66.2 Å². The minimum Gasteiger partial charge on any atom is -0.508 e. The van der Waals surface area contributed by atoms with E-state index in [-0.39, 0.29) is 158 Å². The molecule has 31 N–H and O–H groups in total. The SMILES string of the molecule is CCC(C)C(NC(=O)C(CCCN=C(N)N)NC(=O)C(CCCN=C(N)N)NC(=O)C(CC(C)C)NC(=O)C(Cc1ccccc1)NC(=O)CNC(=O)CNC(=O)C(N)Cc1ccc(O)cc1)C(=O)NC(CCCN=C(N)N)C(=O)N1CCCC1C(=O)NC(CCCCN)C(=O)NC(CC(C)C)C(=O)NC(CCCCN)C(=O)O. The van der Waals surface area contributed by atoms with Crippen molar-refractivity contribution in [1.29, 1.82) is 0 Å². The number of hydrogen-bond donors (Lipinski definition) is 22. The molecule has 39 nitrogen and oxygen atoms in total. The molecule has 636 valence electrons. The lowest BCUT2D eigenvalue weighted by Crippen LogP contribution is -2.61. The molecular weight excluding hydrogens is 1480 g/mol. The topological polar surface area (TPSA) is 669 Å². The molecule has 1 aliphatic rings. The number of hydrogen-bond acceptors (Lipinski definition) is 20. The van der Waals surface area contributed by atoms with Crippen molar-refractivity contribution < 1.29 is 72.5 Å². The summed E-state index contributed by atoms with van der Waals surface area (Å²) in [4.78, 5) is 196. The third-order valence-corrected chi connectivity index (χ3v) is 18.7. The highest BCUT2D eigenvalue weighted by Crippen LogP contribution is 2.22. The molecule has 1 fully saturated rings. The smallest absolute Gasteiger partial charge is 0.326 e. The molecule has 1 aliphatic heterocycles. The van der Waals surface area contributed by atoms with Crippen molar-refractivity contribution in [2.75, 3.05) is 52.4 Å². The number of rotatable bonds is 54. The number of aliphatic imine (C=N–C) groups is 3. The Bertz CT molecular complexity index is 3520. The first-order valence-corrected chi connectivity index (χ1v) is 39.0. The molecule has 12 atom stereocenters. The summed E-state index contributed by atoms with van der Waals surface area (Å²) in [6.07, 6.45) is 2.67. The summed E-state index contributed by atoms with van der Waals surface area (Å²) in [5.41, 5.74) is 52.6. The molecule has 0 saturated carbocycles. The van der Waals surface area contributed by atoms with Crippen LogP contribution in [-0.4, -0.2) is 229 Å². The Kier molecular flexibility index (Phi) is 44.7. The number of likely N-dealkylation sites (tertiary alicyclic amines) is 1. The highest BCUT2D eigenvalue weighted by atomic mass is 16.4. The van der Waals surface area contributed by atoms with Crippen molar-refractivity contribution in [1.82, 2.24) is 63.4 Å². The zero-order chi connectivity index (χ0) is 85.0. The number of amides is 12. The number of carbonyl (C=O) groups is 13. The lowest BCUT2D eigenvalue weighted by atomic mass is 9.96. The van der Waals surface area contributed by atoms with Gasteiger partial charge in [0.25, 0.3) is 0 Å². The van der Waals surface area contributed by atoms with Gasteiger partial charge in [-0.05, 0) is 163 Å². The van der Waals surface area contributed by atoms with Crippen LogP contribution >= 0.6 is 0 Å². The Morgan fingerprint density at radius 2 is 0.886 bits per heavy atom. The lowest BCUT2D eigenvalue weighted by Gasteiger charge is -2.32. The van der Waals surface area contributed by atoms with Crippen LogP contribution in [0, 0.1) is 17.8 Å². The number of nitrogens with zero attached hydrogens (tertiary/aromatic N) is 4. The molecule has 0 bridgehead atoms. The van der Waals surface area contributed by atoms with E-state index in [1.54, 1.807) is 70.2 Å². The maximum Gasteiger partial charge on any atom is 0.326 e. The van der Waals surface area contributed by atoms with Crippen LogP contribution in [0.4, 0.5) is 0 Å². The summed E-state index contributed by atoms with van der Waals surface area (Å²) in [6, 6.07) is 0.244. The van der Waals surface area contributed by atoms with Crippen molar-refractivity contribution in [3.63, 3.8) is 0 Å². The molecule has 3 rings (SSSR count). The van der Waals surface area contributed by atoms with Gasteiger partial charge in [0.2, 0.25) is 70.9 Å². The van der Waals surface area contributed by atoms with Crippen LogP contribution in [-0.2, 0) is 75.2 Å². The quantitative estimate of drug-likeness (QED) is 0.0169. The number of carbonyl (C=O) groups excluding carboxylic acids is 12. The average molecular weight is 1600 g/mol. The second-order valence-corrected chi connectivity index (χ2v) is 29.3. The van der Waals surface area contributed by atoms with Gasteiger partial charge in [-0.15, -0.1) is 0 Å². The van der Waals surface area contributed by atoms with E-state index in [0.717, 1.165) is 0 Å². The van der Waals surface area contributed by atoms with Crippen LogP contribution in [0.25, 0.3) is 0 Å². The van der Waals surface area contributed by atoms with Crippen molar-refractivity contribution >= 4 is 94.7 Å². The lowest BCUT2D eigenvalue weighted by molar-refractivity contribution is -0.143. The van der Waals surface area contributed by atoms with Gasteiger partial charge in [0.05, 0.1) is 19.1 Å². The minimum atomic E-state index is -1.48. The fraction of sp³-hybridized carbons (Fsp3) is 0.627. The molecule has 2 aromatic rings. The van der Waals surface area contributed by atoms with Crippen molar-refractivity contribution in [3.05, 3.63) is 65.7 Å². The van der Waals surface area contributed by atoms with Gasteiger partial charge < -0.3 is 125 Å². The van der Waals surface area contributed by atoms with E-state index in [4.69, 9.17) is 51.6 Å². The zero-order valence-corrected chi connectivity index (χ0v) is 66.6. The standard InChI is InChI=1S/C75H126N24O15/c1-7-45(6)61(70(111)94-53(25-17-35-87-75(83)84)71(112)99-36-18-26-58(99)69(110)93-50(21-11-13-31-76)64(105)96-56(38-44(4)5)67(108)95-54(72(113)114)22-12-14-32-77)98-65(106)52(24-16-34-86-74(81)82)91-63(104)51(23-15-33-85-73(79)80)92-66(107)55(37-43(2)3)97-68(109)57(40-46-19-9-8-10-20-46)90-60(102)42-88-59(101)41-89-62(103)49(78)39-47-27-29-48(100)30-28-47/h8-10,19-20,27-30,43-45,49-58,61,100H,7,11-18,21-26,31-42,76-78H2,1-6H3,(H,88,101)(H,89,103)(H,90,102)(H,91,104)(H,92,107)(H,93,110)(H,94,111)(H,95,108)(H,96,105)(H,97,109)(H,98,106)(H,113,114)(H4,79,80,85)(H4,81,82,86)(H4,83,84,87). The van der Waals surface area contributed by atoms with Gasteiger partial charge in [-0.25, -0.2) is 4.79 Å². The number of phenolic OH excluding ortho intramolecular Hbond substituents is 1. The first kappa shape index (κ1) is 97.2. The average Bonchev–Trinajstić information content (AvgIpc) is 1.60. The Labute approximate surface area is 666 Å². The fourth-order valence-corrected chi connectivity index (χ4v) is 12.4. The minimum absolute atomic E-state index is 0.00479. The Morgan fingerprint density at radius 1 is 0.465 bits per heavy atom. The van der Waals surface area contributed by atoms with Crippen LogP contribution < -0.4 is 110 Å². The summed E-state index contributed by atoms with van der Waals surface area (Å²) in [7, 11) is 0. The van der Waals surface area contributed by atoms with Gasteiger partial charge in [0, 0.05) is 32.6 Å². The Balaban J connectivity index is 1.97. The number of nitrogens with two attached hydrogens (primary N) is 9. The van der Waals surface area contributed by atoms with E-state index in [1.165, 1.54) is 17.0 Å². The molecule has 2 aromatic carbocycles. The summed E-state index contributed by atoms with van der Waals surface area (Å²) in [5, 5.41) is 48.8. The number of carboxylic acids is 1. The molecule has 12 unspecified atom stereocenters. The van der Waals surface area contributed by atoms with E-state index in [0.29, 0.717) is 49.8 Å². The van der Waals surface area contributed by atoms with E-state index >= 15 is 4.79 Å². The number of carboxylic acid groups (broad SMARTS) is 1. The molecule has 39 heteroatoms. The Morgan fingerprint density at radius 3 is 1.37 bits per heavy atom. The summed E-state index contributed by atoms with van der Waals surface area (Å²) in [5.74, 6) is -12.5. The zero-order valence-electron chi connectivity index (χ0n) is 66.6. The molecular formula is C75H126N24O15. The number of phenols is 1. The second-order valence-electron chi connectivity index (χ2n) is 29.3. The highest BCUT2D eigenvalue weighted by molar-refractivity contribution is 6.00. The normalized spacial score (nSPS) is 15.3. The van der Waals surface area contributed by atoms with Crippen LogP contribution in [0.2, 0.25) is 0 Å². The fourth-order valence-electron chi connectivity index (χ4n) is 12.4. The van der Waals surface area contributed by atoms with Gasteiger partial charge >= 0.3 is 5.97 Å². The monoisotopic (exact) mass is 1600 g/mol. The van der Waals surface area contributed by atoms with Crippen molar-refractivity contribution in [3.8, 4) is 5.75 Å². The van der Waals surface area contributed by atoms with Gasteiger partial charge in [0.15, 0.2) is 17.9 Å². The third kappa shape index (κ3) is 37.6. The van der Waals surface area contributed by atoms with Crippen LogP contribution in [0.1, 0.15) is 162 Å². The summed E-state index contributed by atoms with van der Waals surface area (Å²) in [6.45, 7) is 10.00.